The highest BCUT2D eigenvalue weighted by molar-refractivity contribution is 6.02. The van der Waals surface area contributed by atoms with E-state index in [1.165, 1.54) is 0 Å². The Morgan fingerprint density at radius 2 is 1.73 bits per heavy atom. The summed E-state index contributed by atoms with van der Waals surface area (Å²) >= 11 is 0. The Morgan fingerprint density at radius 3 is 2.33 bits per heavy atom. The minimum atomic E-state index is -0.641. The predicted octanol–water partition coefficient (Wildman–Crippen LogP) is 2.94. The number of likely N-dealkylation sites (tertiary alicyclic amines) is 2. The molecule has 2 fully saturated rings. The summed E-state index contributed by atoms with van der Waals surface area (Å²) in [5.74, 6) is -0.369. The maximum Gasteiger partial charge on any atom is 0.255 e. The van der Waals surface area contributed by atoms with Crippen molar-refractivity contribution in [3.05, 3.63) is 65.5 Å². The van der Waals surface area contributed by atoms with Crippen LogP contribution in [-0.2, 0) is 4.79 Å². The second-order valence-corrected chi connectivity index (χ2v) is 9.61. The molecule has 1 aromatic carbocycles. The molecule has 2 aromatic rings. The van der Waals surface area contributed by atoms with Crippen LogP contribution in [0.2, 0.25) is 0 Å². The van der Waals surface area contributed by atoms with Crippen LogP contribution in [-0.4, -0.2) is 75.2 Å². The molecule has 3 amide bonds. The van der Waals surface area contributed by atoms with Gasteiger partial charge in [0.25, 0.3) is 11.8 Å². The van der Waals surface area contributed by atoms with E-state index >= 15 is 0 Å². The highest BCUT2D eigenvalue weighted by Crippen LogP contribution is 2.49. The molecule has 1 atom stereocenters. The summed E-state index contributed by atoms with van der Waals surface area (Å²) in [5.41, 5.74) is 1.39. The SMILES string of the molecule is CC(C)N1C(=O)c2ccccc2C(C(=O)N2CCC2)C12CCN(C(=O)c1cccnc1)CC2. The minimum absolute atomic E-state index is 0.0136. The first-order valence-corrected chi connectivity index (χ1v) is 11.8. The smallest absolute Gasteiger partial charge is 0.255 e. The van der Waals surface area contributed by atoms with Gasteiger partial charge in [-0.15, -0.1) is 0 Å². The summed E-state index contributed by atoms with van der Waals surface area (Å²) in [6, 6.07) is 11.1. The first kappa shape index (κ1) is 21.6. The second-order valence-electron chi connectivity index (χ2n) is 9.61. The van der Waals surface area contributed by atoms with Gasteiger partial charge in [0.2, 0.25) is 5.91 Å². The van der Waals surface area contributed by atoms with Gasteiger partial charge in [0, 0.05) is 50.2 Å². The van der Waals surface area contributed by atoms with Gasteiger partial charge in [0.15, 0.2) is 0 Å². The molecule has 1 unspecified atom stereocenters. The third-order valence-electron chi connectivity index (χ3n) is 7.49. The molecular weight excluding hydrogens is 416 g/mol. The molecule has 2 saturated heterocycles. The van der Waals surface area contributed by atoms with Crippen LogP contribution in [0.15, 0.2) is 48.8 Å². The molecule has 3 aliphatic heterocycles. The van der Waals surface area contributed by atoms with Crippen molar-refractivity contribution >= 4 is 17.7 Å². The van der Waals surface area contributed by atoms with Gasteiger partial charge in [0.1, 0.15) is 0 Å². The van der Waals surface area contributed by atoms with E-state index in [9.17, 15) is 14.4 Å². The molecule has 5 rings (SSSR count). The van der Waals surface area contributed by atoms with Gasteiger partial charge in [-0.05, 0) is 56.9 Å². The Bertz CT molecular complexity index is 1070. The molecule has 0 N–H and O–H groups in total. The molecule has 33 heavy (non-hydrogen) atoms. The van der Waals surface area contributed by atoms with Crippen LogP contribution in [0.3, 0.4) is 0 Å². The van der Waals surface area contributed by atoms with Crippen LogP contribution in [0.1, 0.15) is 65.3 Å². The largest absolute Gasteiger partial charge is 0.342 e. The summed E-state index contributed by atoms with van der Waals surface area (Å²) in [6.45, 7) is 6.58. The van der Waals surface area contributed by atoms with E-state index in [2.05, 4.69) is 4.98 Å². The lowest BCUT2D eigenvalue weighted by Crippen LogP contribution is -2.68. The van der Waals surface area contributed by atoms with E-state index in [1.807, 2.05) is 52.8 Å². The normalized spacial score (nSPS) is 21.7. The Morgan fingerprint density at radius 1 is 1.00 bits per heavy atom. The van der Waals surface area contributed by atoms with Gasteiger partial charge in [-0.25, -0.2) is 0 Å². The molecule has 0 radical (unpaired) electrons. The monoisotopic (exact) mass is 446 g/mol. The first-order valence-electron chi connectivity index (χ1n) is 11.8. The number of aromatic nitrogens is 1. The zero-order valence-corrected chi connectivity index (χ0v) is 19.2. The van der Waals surface area contributed by atoms with Crippen LogP contribution >= 0.6 is 0 Å². The van der Waals surface area contributed by atoms with Gasteiger partial charge in [-0.2, -0.15) is 0 Å². The average Bonchev–Trinajstić information content (AvgIpc) is 2.78. The molecule has 0 aliphatic carbocycles. The Balaban J connectivity index is 1.54. The molecule has 3 aliphatic rings. The third kappa shape index (κ3) is 3.41. The van der Waals surface area contributed by atoms with Crippen LogP contribution < -0.4 is 0 Å². The first-order chi connectivity index (χ1) is 15.9. The number of carbonyl (C=O) groups excluding carboxylic acids is 3. The van der Waals surface area contributed by atoms with Gasteiger partial charge < -0.3 is 14.7 Å². The Kier molecular flexibility index (Phi) is 5.43. The molecule has 4 heterocycles. The summed E-state index contributed by atoms with van der Waals surface area (Å²) in [7, 11) is 0. The Labute approximate surface area is 194 Å². The number of carbonyl (C=O) groups is 3. The van der Waals surface area contributed by atoms with E-state index in [0.717, 1.165) is 25.1 Å². The number of fused-ring (bicyclic) bond motifs is 1. The third-order valence-corrected chi connectivity index (χ3v) is 7.49. The fourth-order valence-corrected chi connectivity index (χ4v) is 5.83. The fourth-order valence-electron chi connectivity index (χ4n) is 5.83. The van der Waals surface area contributed by atoms with Crippen molar-refractivity contribution in [2.24, 2.45) is 0 Å². The van der Waals surface area contributed by atoms with Crippen molar-refractivity contribution in [2.45, 2.75) is 50.6 Å². The number of hydrogen-bond acceptors (Lipinski definition) is 4. The van der Waals surface area contributed by atoms with Gasteiger partial charge in [-0.3, -0.25) is 19.4 Å². The van der Waals surface area contributed by atoms with Crippen LogP contribution in [0, 0.1) is 0 Å². The number of nitrogens with zero attached hydrogens (tertiary/aromatic N) is 4. The van der Waals surface area contributed by atoms with Crippen molar-refractivity contribution < 1.29 is 14.4 Å². The predicted molar refractivity (Wildman–Crippen MR) is 124 cm³/mol. The lowest BCUT2D eigenvalue weighted by Gasteiger charge is -2.57. The average molecular weight is 447 g/mol. The van der Waals surface area contributed by atoms with Crippen molar-refractivity contribution in [2.75, 3.05) is 26.2 Å². The highest BCUT2D eigenvalue weighted by Gasteiger charge is 2.57. The molecule has 0 saturated carbocycles. The maximum absolute atomic E-state index is 13.8. The molecule has 1 spiro atoms. The number of benzene rings is 1. The van der Waals surface area contributed by atoms with E-state index in [-0.39, 0.29) is 23.8 Å². The number of hydrogen-bond donors (Lipinski definition) is 0. The minimum Gasteiger partial charge on any atom is -0.342 e. The van der Waals surface area contributed by atoms with E-state index < -0.39 is 11.5 Å². The number of amides is 3. The summed E-state index contributed by atoms with van der Waals surface area (Å²) in [5, 5.41) is 0. The molecule has 0 bridgehead atoms. The fraction of sp³-hybridized carbons (Fsp3) is 0.462. The van der Waals surface area contributed by atoms with Crippen molar-refractivity contribution in [1.29, 1.82) is 0 Å². The van der Waals surface area contributed by atoms with Crippen molar-refractivity contribution in [1.82, 2.24) is 19.7 Å². The summed E-state index contributed by atoms with van der Waals surface area (Å²) in [6.07, 6.45) is 5.40. The number of rotatable bonds is 3. The van der Waals surface area contributed by atoms with Gasteiger partial charge in [0.05, 0.1) is 17.0 Å². The maximum atomic E-state index is 13.8. The van der Waals surface area contributed by atoms with Crippen LogP contribution in [0.4, 0.5) is 0 Å². The molecule has 1 aromatic heterocycles. The van der Waals surface area contributed by atoms with E-state index in [1.54, 1.807) is 24.5 Å². The molecule has 7 nitrogen and oxygen atoms in total. The second kappa shape index (κ2) is 8.28. The van der Waals surface area contributed by atoms with Crippen LogP contribution in [0.5, 0.6) is 0 Å². The Hall–Kier alpha value is -3.22. The summed E-state index contributed by atoms with van der Waals surface area (Å²) < 4.78 is 0. The number of piperidine rings is 1. The topological polar surface area (TPSA) is 73.8 Å². The van der Waals surface area contributed by atoms with Crippen molar-refractivity contribution in [3.63, 3.8) is 0 Å². The standard InChI is InChI=1S/C26H30N4O3/c1-18(2)30-24(32)21-9-4-3-8-20(21)22(25(33)28-13-6-14-28)26(30)10-15-29(16-11-26)23(31)19-7-5-12-27-17-19/h3-5,7-9,12,17-18,22H,6,10-11,13-16H2,1-2H3. The highest BCUT2D eigenvalue weighted by atomic mass is 16.2. The van der Waals surface area contributed by atoms with Crippen molar-refractivity contribution in [3.8, 4) is 0 Å². The lowest BCUT2D eigenvalue weighted by molar-refractivity contribution is -0.142. The van der Waals surface area contributed by atoms with E-state index in [0.29, 0.717) is 37.1 Å². The zero-order valence-electron chi connectivity index (χ0n) is 19.2. The molecular formula is C26H30N4O3. The van der Waals surface area contributed by atoms with Gasteiger partial charge >= 0.3 is 0 Å². The number of pyridine rings is 1. The van der Waals surface area contributed by atoms with E-state index in [4.69, 9.17) is 0 Å². The van der Waals surface area contributed by atoms with Crippen LogP contribution in [0.25, 0.3) is 0 Å². The quantitative estimate of drug-likeness (QED) is 0.727. The zero-order chi connectivity index (χ0) is 23.2. The molecule has 7 heteroatoms. The molecule has 172 valence electrons. The lowest BCUT2D eigenvalue weighted by atomic mass is 9.66. The summed E-state index contributed by atoms with van der Waals surface area (Å²) in [4.78, 5) is 50.4. The van der Waals surface area contributed by atoms with Gasteiger partial charge in [-0.1, -0.05) is 18.2 Å².